The van der Waals surface area contributed by atoms with Gasteiger partial charge < -0.3 is 10.1 Å². The number of rotatable bonds is 7. The van der Waals surface area contributed by atoms with Crippen molar-refractivity contribution in [1.82, 2.24) is 25.5 Å². The number of nitrogens with one attached hydrogen (secondary N) is 1. The molecule has 1 aromatic heterocycles. The summed E-state index contributed by atoms with van der Waals surface area (Å²) in [7, 11) is 1.62. The van der Waals surface area contributed by atoms with Crippen molar-refractivity contribution in [3.63, 3.8) is 0 Å². The fraction of sp³-hybridized carbons (Fsp3) is 0.222. The predicted molar refractivity (Wildman–Crippen MR) is 99.3 cm³/mol. The number of tetrazole rings is 1. The predicted octanol–water partition coefficient (Wildman–Crippen LogP) is 2.47. The fourth-order valence-electron chi connectivity index (χ4n) is 2.27. The van der Waals surface area contributed by atoms with Crippen molar-refractivity contribution in [3.05, 3.63) is 60.2 Å². The molecule has 1 heterocycles. The minimum atomic E-state index is -0.332. The molecule has 1 amide bonds. The molecular formula is C18H19N5O2S. The summed E-state index contributed by atoms with van der Waals surface area (Å²) in [5, 5.41) is 14.9. The third-order valence-electron chi connectivity index (χ3n) is 3.72. The number of ether oxygens (including phenoxy) is 1. The Morgan fingerprint density at radius 2 is 1.92 bits per heavy atom. The molecule has 3 rings (SSSR count). The molecule has 2 aromatic carbocycles. The van der Waals surface area contributed by atoms with Crippen LogP contribution in [0.2, 0.25) is 0 Å². The molecule has 1 N–H and O–H groups in total. The maximum absolute atomic E-state index is 12.4. The van der Waals surface area contributed by atoms with Crippen LogP contribution in [0.5, 0.6) is 5.75 Å². The smallest absolute Gasteiger partial charge is 0.233 e. The Kier molecular flexibility index (Phi) is 5.85. The first-order valence-corrected chi connectivity index (χ1v) is 8.96. The average molecular weight is 369 g/mol. The van der Waals surface area contributed by atoms with E-state index in [2.05, 4.69) is 20.8 Å². The van der Waals surface area contributed by atoms with E-state index in [0.717, 1.165) is 17.0 Å². The first-order chi connectivity index (χ1) is 12.7. The topological polar surface area (TPSA) is 81.9 Å². The highest BCUT2D eigenvalue weighted by molar-refractivity contribution is 8.00. The summed E-state index contributed by atoms with van der Waals surface area (Å²) < 4.78 is 6.75. The monoisotopic (exact) mass is 369 g/mol. The summed E-state index contributed by atoms with van der Waals surface area (Å²) in [5.41, 5.74) is 1.86. The van der Waals surface area contributed by atoms with E-state index in [1.807, 2.05) is 61.5 Å². The maximum atomic E-state index is 12.4. The number of hydrogen-bond acceptors (Lipinski definition) is 6. The van der Waals surface area contributed by atoms with E-state index < -0.39 is 0 Å². The van der Waals surface area contributed by atoms with E-state index in [1.54, 1.807) is 11.8 Å². The van der Waals surface area contributed by atoms with Crippen LogP contribution in [0.1, 0.15) is 12.5 Å². The zero-order chi connectivity index (χ0) is 18.4. The third kappa shape index (κ3) is 4.40. The van der Waals surface area contributed by atoms with Crippen LogP contribution in [0.25, 0.3) is 5.69 Å². The molecule has 0 radical (unpaired) electrons. The van der Waals surface area contributed by atoms with Gasteiger partial charge >= 0.3 is 0 Å². The quantitative estimate of drug-likeness (QED) is 0.644. The number of amides is 1. The molecule has 26 heavy (non-hydrogen) atoms. The molecule has 0 saturated carbocycles. The summed E-state index contributed by atoms with van der Waals surface area (Å²) >= 11 is 1.32. The highest BCUT2D eigenvalue weighted by Gasteiger charge is 2.19. The standard InChI is InChI=1S/C18H19N5O2S/c1-13(17(24)19-12-14-8-10-16(25-2)11-9-14)26-18-20-21-22-23(18)15-6-4-3-5-7-15/h3-11,13H,12H2,1-2H3,(H,19,24)/t13-/m0/s1. The van der Waals surface area contributed by atoms with Crippen LogP contribution in [-0.2, 0) is 11.3 Å². The second kappa shape index (κ2) is 8.48. The lowest BCUT2D eigenvalue weighted by Crippen LogP contribution is -2.30. The van der Waals surface area contributed by atoms with Gasteiger partial charge in [0.25, 0.3) is 0 Å². The van der Waals surface area contributed by atoms with Crippen molar-refractivity contribution < 1.29 is 9.53 Å². The summed E-state index contributed by atoms with van der Waals surface area (Å²) in [6, 6.07) is 17.2. The molecule has 3 aromatic rings. The fourth-order valence-corrected chi connectivity index (χ4v) is 3.10. The zero-order valence-corrected chi connectivity index (χ0v) is 15.3. The number of nitrogens with zero attached hydrogens (tertiary/aromatic N) is 4. The van der Waals surface area contributed by atoms with E-state index >= 15 is 0 Å². The Morgan fingerprint density at radius 1 is 1.19 bits per heavy atom. The third-order valence-corrected chi connectivity index (χ3v) is 4.75. The van der Waals surface area contributed by atoms with Gasteiger partial charge in [0.15, 0.2) is 0 Å². The molecule has 0 aliphatic carbocycles. The first kappa shape index (κ1) is 17.9. The minimum absolute atomic E-state index is 0.0755. The van der Waals surface area contributed by atoms with Gasteiger partial charge in [-0.1, -0.05) is 42.1 Å². The Labute approximate surface area is 155 Å². The van der Waals surface area contributed by atoms with Crippen molar-refractivity contribution in [3.8, 4) is 11.4 Å². The summed E-state index contributed by atoms with van der Waals surface area (Å²) in [6.45, 7) is 2.29. The SMILES string of the molecule is COc1ccc(CNC(=O)[C@H](C)Sc2nnnn2-c2ccccc2)cc1. The molecule has 0 saturated heterocycles. The van der Waals surface area contributed by atoms with Crippen molar-refractivity contribution in [2.45, 2.75) is 23.9 Å². The Morgan fingerprint density at radius 3 is 2.62 bits per heavy atom. The van der Waals surface area contributed by atoms with E-state index in [9.17, 15) is 4.79 Å². The van der Waals surface area contributed by atoms with Crippen molar-refractivity contribution in [2.24, 2.45) is 0 Å². The number of carbonyl (C=O) groups excluding carboxylic acids is 1. The summed E-state index contributed by atoms with van der Waals surface area (Å²) in [4.78, 5) is 12.4. The molecule has 134 valence electrons. The molecule has 0 fully saturated rings. The lowest BCUT2D eigenvalue weighted by molar-refractivity contribution is -0.120. The van der Waals surface area contributed by atoms with Crippen LogP contribution in [0.3, 0.4) is 0 Å². The summed E-state index contributed by atoms with van der Waals surface area (Å²) in [5.74, 6) is 0.713. The number of aromatic nitrogens is 4. The number of thioether (sulfide) groups is 1. The molecule has 0 unspecified atom stereocenters. The van der Waals surface area contributed by atoms with Crippen molar-refractivity contribution in [2.75, 3.05) is 7.11 Å². The summed E-state index contributed by atoms with van der Waals surface area (Å²) in [6.07, 6.45) is 0. The number of hydrogen-bond donors (Lipinski definition) is 1. The van der Waals surface area contributed by atoms with E-state index in [1.165, 1.54) is 11.8 Å². The van der Waals surface area contributed by atoms with Gasteiger partial charge in [0.1, 0.15) is 5.75 Å². The van der Waals surface area contributed by atoms with E-state index in [-0.39, 0.29) is 11.2 Å². The molecular weight excluding hydrogens is 350 g/mol. The normalized spacial score (nSPS) is 11.8. The van der Waals surface area contributed by atoms with Crippen LogP contribution < -0.4 is 10.1 Å². The number of para-hydroxylation sites is 1. The van der Waals surface area contributed by atoms with Gasteiger partial charge in [-0.05, 0) is 47.2 Å². The van der Waals surface area contributed by atoms with Crippen molar-refractivity contribution >= 4 is 17.7 Å². The molecule has 0 aliphatic rings. The van der Waals surface area contributed by atoms with Crippen molar-refractivity contribution in [1.29, 1.82) is 0 Å². The van der Waals surface area contributed by atoms with Gasteiger partial charge in [0.05, 0.1) is 18.0 Å². The zero-order valence-electron chi connectivity index (χ0n) is 14.5. The van der Waals surface area contributed by atoms with Crippen LogP contribution in [0, 0.1) is 0 Å². The van der Waals surface area contributed by atoms with Gasteiger partial charge in [0.2, 0.25) is 11.1 Å². The molecule has 8 heteroatoms. The number of benzene rings is 2. The largest absolute Gasteiger partial charge is 0.497 e. The lowest BCUT2D eigenvalue weighted by atomic mass is 10.2. The van der Waals surface area contributed by atoms with Gasteiger partial charge in [-0.25, -0.2) is 0 Å². The number of methoxy groups -OCH3 is 1. The van der Waals surface area contributed by atoms with Crippen LogP contribution in [0.15, 0.2) is 59.8 Å². The molecule has 7 nitrogen and oxygen atoms in total. The maximum Gasteiger partial charge on any atom is 0.233 e. The Hall–Kier alpha value is -2.87. The van der Waals surface area contributed by atoms with E-state index in [0.29, 0.717) is 11.7 Å². The Bertz CT molecular complexity index is 852. The highest BCUT2D eigenvalue weighted by atomic mass is 32.2. The molecule has 1 atom stereocenters. The molecule has 0 aliphatic heterocycles. The van der Waals surface area contributed by atoms with Gasteiger partial charge in [-0.3, -0.25) is 4.79 Å². The molecule has 0 spiro atoms. The first-order valence-electron chi connectivity index (χ1n) is 8.08. The average Bonchev–Trinajstić information content (AvgIpc) is 3.15. The second-order valence-electron chi connectivity index (χ2n) is 5.53. The number of carbonyl (C=O) groups is 1. The van der Waals surface area contributed by atoms with Gasteiger partial charge in [-0.2, -0.15) is 4.68 Å². The molecule has 0 bridgehead atoms. The van der Waals surface area contributed by atoms with E-state index in [4.69, 9.17) is 4.74 Å². The highest BCUT2D eigenvalue weighted by Crippen LogP contribution is 2.23. The van der Waals surface area contributed by atoms with Crippen LogP contribution in [0.4, 0.5) is 0 Å². The van der Waals surface area contributed by atoms with Crippen LogP contribution >= 0.6 is 11.8 Å². The van der Waals surface area contributed by atoms with Gasteiger partial charge in [-0.15, -0.1) is 5.10 Å². The Balaban J connectivity index is 1.59. The van der Waals surface area contributed by atoms with Crippen LogP contribution in [-0.4, -0.2) is 38.5 Å². The minimum Gasteiger partial charge on any atom is -0.497 e. The lowest BCUT2D eigenvalue weighted by Gasteiger charge is -2.12. The van der Waals surface area contributed by atoms with Gasteiger partial charge in [0, 0.05) is 6.54 Å². The second-order valence-corrected chi connectivity index (χ2v) is 6.84.